The predicted octanol–water partition coefficient (Wildman–Crippen LogP) is 3.90. The normalized spacial score (nSPS) is 12.5. The van der Waals surface area contributed by atoms with Crippen LogP contribution in [0.3, 0.4) is 0 Å². The number of rotatable bonds is 5. The third kappa shape index (κ3) is 6.83. The molecule has 0 aliphatic heterocycles. The van der Waals surface area contributed by atoms with Crippen LogP contribution in [0.25, 0.3) is 6.08 Å². The van der Waals surface area contributed by atoms with Crippen LogP contribution in [0.4, 0.5) is 13.2 Å². The lowest BCUT2D eigenvalue weighted by atomic mass is 10.0. The average molecular weight is 301 g/mol. The van der Waals surface area contributed by atoms with Crippen molar-refractivity contribution in [2.45, 2.75) is 39.1 Å². The van der Waals surface area contributed by atoms with Gasteiger partial charge in [-0.15, -0.1) is 13.2 Å². The van der Waals surface area contributed by atoms with E-state index in [2.05, 4.69) is 10.1 Å². The maximum Gasteiger partial charge on any atom is 0.573 e. The molecule has 0 spiro atoms. The molecule has 116 valence electrons. The molecule has 0 aliphatic rings. The third-order valence-corrected chi connectivity index (χ3v) is 2.89. The summed E-state index contributed by atoms with van der Waals surface area (Å²) in [5.74, 6) is -0.548. The quantitative estimate of drug-likeness (QED) is 0.838. The number of hydrogen-bond acceptors (Lipinski definition) is 2. The van der Waals surface area contributed by atoms with E-state index in [1.807, 2.05) is 20.8 Å². The van der Waals surface area contributed by atoms with Gasteiger partial charge in [-0.3, -0.25) is 4.79 Å². The van der Waals surface area contributed by atoms with Gasteiger partial charge < -0.3 is 10.1 Å². The van der Waals surface area contributed by atoms with Crippen molar-refractivity contribution in [3.63, 3.8) is 0 Å². The van der Waals surface area contributed by atoms with Crippen LogP contribution in [0, 0.1) is 0 Å². The van der Waals surface area contributed by atoms with E-state index in [0.29, 0.717) is 5.56 Å². The van der Waals surface area contributed by atoms with Crippen LogP contribution in [-0.2, 0) is 4.79 Å². The maximum atomic E-state index is 12.0. The molecule has 0 heterocycles. The molecular weight excluding hydrogens is 283 g/mol. The van der Waals surface area contributed by atoms with Crippen LogP contribution in [0.2, 0.25) is 0 Å². The molecule has 1 aromatic carbocycles. The van der Waals surface area contributed by atoms with Gasteiger partial charge in [-0.1, -0.05) is 19.1 Å². The Morgan fingerprint density at radius 2 is 1.81 bits per heavy atom. The zero-order chi connectivity index (χ0) is 16.1. The summed E-state index contributed by atoms with van der Waals surface area (Å²) in [4.78, 5) is 11.7. The summed E-state index contributed by atoms with van der Waals surface area (Å²) in [5.41, 5.74) is 0.306. The first-order valence-corrected chi connectivity index (χ1v) is 6.47. The van der Waals surface area contributed by atoms with Gasteiger partial charge in [-0.05, 0) is 44.0 Å². The number of ether oxygens (including phenoxy) is 1. The molecule has 1 rings (SSSR count). The summed E-state index contributed by atoms with van der Waals surface area (Å²) in [5, 5.41) is 2.82. The number of nitrogens with one attached hydrogen (secondary N) is 1. The van der Waals surface area contributed by atoms with Crippen molar-refractivity contribution in [3.8, 4) is 5.75 Å². The van der Waals surface area contributed by atoms with Gasteiger partial charge in [-0.2, -0.15) is 0 Å². The molecule has 0 radical (unpaired) electrons. The van der Waals surface area contributed by atoms with Crippen molar-refractivity contribution in [2.75, 3.05) is 0 Å². The van der Waals surface area contributed by atoms with Crippen molar-refractivity contribution in [1.29, 1.82) is 0 Å². The lowest BCUT2D eigenvalue weighted by Crippen LogP contribution is -2.41. The van der Waals surface area contributed by atoms with Crippen molar-refractivity contribution >= 4 is 12.0 Å². The molecule has 1 aromatic rings. The highest BCUT2D eigenvalue weighted by Gasteiger charge is 2.30. The minimum Gasteiger partial charge on any atom is -0.406 e. The molecule has 21 heavy (non-hydrogen) atoms. The number of benzene rings is 1. The van der Waals surface area contributed by atoms with E-state index in [1.54, 1.807) is 0 Å². The highest BCUT2D eigenvalue weighted by molar-refractivity contribution is 5.92. The summed E-state index contributed by atoms with van der Waals surface area (Å²) in [6.45, 7) is 5.77. The van der Waals surface area contributed by atoms with E-state index in [4.69, 9.17) is 0 Å². The maximum absolute atomic E-state index is 12.0. The van der Waals surface area contributed by atoms with Gasteiger partial charge in [0.05, 0.1) is 0 Å². The molecule has 0 aliphatic carbocycles. The highest BCUT2D eigenvalue weighted by atomic mass is 19.4. The molecule has 3 nitrogen and oxygen atoms in total. The van der Waals surface area contributed by atoms with Crippen molar-refractivity contribution in [3.05, 3.63) is 35.9 Å². The van der Waals surface area contributed by atoms with Crippen LogP contribution < -0.4 is 10.1 Å². The largest absolute Gasteiger partial charge is 0.573 e. The molecule has 6 heteroatoms. The molecule has 0 saturated carbocycles. The van der Waals surface area contributed by atoms with Gasteiger partial charge in [0.1, 0.15) is 5.75 Å². The fourth-order valence-corrected chi connectivity index (χ4v) is 1.42. The number of carbonyl (C=O) groups excluding carboxylic acids is 1. The van der Waals surface area contributed by atoms with E-state index in [0.717, 1.165) is 6.42 Å². The molecule has 1 amide bonds. The first-order valence-electron chi connectivity index (χ1n) is 6.47. The Morgan fingerprint density at radius 1 is 1.24 bits per heavy atom. The Kier molecular flexibility index (Phi) is 5.41. The van der Waals surface area contributed by atoms with Crippen molar-refractivity contribution < 1.29 is 22.7 Å². The fraction of sp³-hybridized carbons (Fsp3) is 0.400. The second-order valence-corrected chi connectivity index (χ2v) is 5.18. The average Bonchev–Trinajstić information content (AvgIpc) is 2.36. The summed E-state index contributed by atoms with van der Waals surface area (Å²) in [6.07, 6.45) is -1.05. The predicted molar refractivity (Wildman–Crippen MR) is 74.7 cm³/mol. The molecule has 0 bridgehead atoms. The SMILES string of the molecule is CCC(C)(C)NC(=O)/C=C/c1ccc(OC(F)(F)F)cc1. The fourth-order valence-electron chi connectivity index (χ4n) is 1.42. The Hall–Kier alpha value is -1.98. The number of carbonyl (C=O) groups is 1. The molecule has 0 fully saturated rings. The zero-order valence-corrected chi connectivity index (χ0v) is 12.1. The number of hydrogen-bond donors (Lipinski definition) is 1. The lowest BCUT2D eigenvalue weighted by Gasteiger charge is -2.23. The lowest BCUT2D eigenvalue weighted by molar-refractivity contribution is -0.274. The Morgan fingerprint density at radius 3 is 2.29 bits per heavy atom. The molecule has 0 atom stereocenters. The summed E-state index contributed by atoms with van der Waals surface area (Å²) in [7, 11) is 0. The molecular formula is C15H18F3NO2. The van der Waals surface area contributed by atoms with Crippen molar-refractivity contribution in [2.24, 2.45) is 0 Å². The van der Waals surface area contributed by atoms with Gasteiger partial charge in [-0.25, -0.2) is 0 Å². The summed E-state index contributed by atoms with van der Waals surface area (Å²) in [6, 6.07) is 5.27. The Labute approximate surface area is 121 Å². The number of alkyl halides is 3. The second-order valence-electron chi connectivity index (χ2n) is 5.18. The summed E-state index contributed by atoms with van der Waals surface area (Å²) < 4.78 is 39.8. The first-order chi connectivity index (χ1) is 9.61. The van der Waals surface area contributed by atoms with Gasteiger partial charge in [0.2, 0.25) is 5.91 Å². The van der Waals surface area contributed by atoms with Crippen molar-refractivity contribution in [1.82, 2.24) is 5.32 Å². The second kappa shape index (κ2) is 6.65. The molecule has 1 N–H and O–H groups in total. The number of halogens is 3. The van der Waals surface area contributed by atoms with Crippen LogP contribution in [0.5, 0.6) is 5.75 Å². The first kappa shape index (κ1) is 17.1. The molecule has 0 saturated heterocycles. The standard InChI is InChI=1S/C15H18F3NO2/c1-4-14(2,3)19-13(20)10-7-11-5-8-12(9-6-11)21-15(16,17)18/h5-10H,4H2,1-3H3,(H,19,20)/b10-7+. The minimum atomic E-state index is -4.71. The third-order valence-electron chi connectivity index (χ3n) is 2.89. The summed E-state index contributed by atoms with van der Waals surface area (Å²) >= 11 is 0. The van der Waals surface area contributed by atoms with Gasteiger partial charge in [0.25, 0.3) is 0 Å². The Bertz CT molecular complexity index is 505. The van der Waals surface area contributed by atoms with E-state index in [1.165, 1.54) is 36.4 Å². The topological polar surface area (TPSA) is 38.3 Å². The molecule has 0 unspecified atom stereocenters. The van der Waals surface area contributed by atoms with Crippen LogP contribution in [0.15, 0.2) is 30.3 Å². The monoisotopic (exact) mass is 301 g/mol. The zero-order valence-electron chi connectivity index (χ0n) is 12.1. The minimum absolute atomic E-state index is 0.252. The van der Waals surface area contributed by atoms with E-state index < -0.39 is 6.36 Å². The van der Waals surface area contributed by atoms with Gasteiger partial charge >= 0.3 is 6.36 Å². The van der Waals surface area contributed by atoms with Crippen LogP contribution in [0.1, 0.15) is 32.8 Å². The van der Waals surface area contributed by atoms with E-state index in [-0.39, 0.29) is 17.2 Å². The smallest absolute Gasteiger partial charge is 0.406 e. The molecule has 0 aromatic heterocycles. The van der Waals surface area contributed by atoms with Crippen LogP contribution >= 0.6 is 0 Å². The Balaban J connectivity index is 2.63. The van der Waals surface area contributed by atoms with E-state index >= 15 is 0 Å². The number of amides is 1. The van der Waals surface area contributed by atoms with Gasteiger partial charge in [0, 0.05) is 11.6 Å². The highest BCUT2D eigenvalue weighted by Crippen LogP contribution is 2.22. The van der Waals surface area contributed by atoms with Crippen LogP contribution in [-0.4, -0.2) is 17.8 Å². The van der Waals surface area contributed by atoms with Gasteiger partial charge in [0.15, 0.2) is 0 Å². The van der Waals surface area contributed by atoms with E-state index in [9.17, 15) is 18.0 Å².